The number of hydrogen-bond acceptors (Lipinski definition) is 6. The Bertz CT molecular complexity index is 1060. The van der Waals surface area contributed by atoms with Gasteiger partial charge in [0.2, 0.25) is 0 Å². The lowest BCUT2D eigenvalue weighted by Gasteiger charge is -2.19. The van der Waals surface area contributed by atoms with Crippen LogP contribution in [0.15, 0.2) is 53.8 Å². The maximum atomic E-state index is 12.4. The summed E-state index contributed by atoms with van der Waals surface area (Å²) in [5, 5.41) is 2.73. The average Bonchev–Trinajstić information content (AvgIpc) is 2.72. The molecular weight excluding hydrogens is 382 g/mol. The van der Waals surface area contributed by atoms with E-state index in [0.29, 0.717) is 17.3 Å². The quantitative estimate of drug-likeness (QED) is 0.650. The zero-order valence-electron chi connectivity index (χ0n) is 17.5. The normalized spacial score (nSPS) is 12.3. The minimum absolute atomic E-state index is 0.0622. The van der Waals surface area contributed by atoms with Crippen LogP contribution in [0, 0.1) is 0 Å². The Hall–Kier alpha value is -3.55. The summed E-state index contributed by atoms with van der Waals surface area (Å²) in [6, 6.07) is 9.11. The maximum absolute atomic E-state index is 12.4. The van der Waals surface area contributed by atoms with Crippen LogP contribution in [0.4, 0.5) is 0 Å². The van der Waals surface area contributed by atoms with Crippen molar-refractivity contribution in [2.45, 2.75) is 45.8 Å². The molecule has 0 radical (unpaired) electrons. The highest BCUT2D eigenvalue weighted by atomic mass is 16.5. The Morgan fingerprint density at radius 1 is 1.17 bits per heavy atom. The largest absolute Gasteiger partial charge is 0.486 e. The van der Waals surface area contributed by atoms with E-state index in [1.165, 1.54) is 18.1 Å². The predicted molar refractivity (Wildman–Crippen MR) is 112 cm³/mol. The fourth-order valence-corrected chi connectivity index (χ4v) is 2.78. The molecule has 0 aliphatic rings. The standard InChI is InChI=1S/C22H25N5O3/c1-14(18-9-10-23-13-25-18)26-20(28)17-11-24-19(27-21(17)29)12-30-16-7-5-15(6-8-16)22(2,3)4/h5-11,13-14H,12H2,1-4H3,(H,26,28)(H,24,27,29)/t14-/m0/s1. The van der Waals surface area contributed by atoms with Crippen molar-refractivity contribution in [3.63, 3.8) is 0 Å². The van der Waals surface area contributed by atoms with E-state index in [4.69, 9.17) is 4.74 Å². The van der Waals surface area contributed by atoms with E-state index in [2.05, 4.69) is 46.0 Å². The molecule has 1 aromatic carbocycles. The lowest BCUT2D eigenvalue weighted by atomic mass is 9.87. The highest BCUT2D eigenvalue weighted by molar-refractivity contribution is 5.93. The number of rotatable bonds is 6. The summed E-state index contributed by atoms with van der Waals surface area (Å²) in [4.78, 5) is 39.4. The third kappa shape index (κ3) is 5.28. The highest BCUT2D eigenvalue weighted by Gasteiger charge is 2.16. The van der Waals surface area contributed by atoms with E-state index in [-0.39, 0.29) is 23.6 Å². The molecule has 0 fully saturated rings. The minimum Gasteiger partial charge on any atom is -0.486 e. The summed E-state index contributed by atoms with van der Waals surface area (Å²) >= 11 is 0. The van der Waals surface area contributed by atoms with Gasteiger partial charge < -0.3 is 15.0 Å². The van der Waals surface area contributed by atoms with Crippen molar-refractivity contribution in [3.8, 4) is 5.75 Å². The third-order valence-electron chi connectivity index (χ3n) is 4.59. The van der Waals surface area contributed by atoms with Gasteiger partial charge in [-0.3, -0.25) is 9.59 Å². The second-order valence-corrected chi connectivity index (χ2v) is 7.97. The number of aromatic amines is 1. The topological polar surface area (TPSA) is 110 Å². The minimum atomic E-state index is -0.529. The van der Waals surface area contributed by atoms with Gasteiger partial charge in [0.15, 0.2) is 0 Å². The first-order valence-electron chi connectivity index (χ1n) is 9.62. The third-order valence-corrected chi connectivity index (χ3v) is 4.59. The number of nitrogens with one attached hydrogen (secondary N) is 2. The fraction of sp³-hybridized carbons (Fsp3) is 0.318. The molecule has 3 rings (SSSR count). The number of nitrogens with zero attached hydrogens (tertiary/aromatic N) is 3. The second-order valence-electron chi connectivity index (χ2n) is 7.97. The second kappa shape index (κ2) is 8.86. The van der Waals surface area contributed by atoms with Gasteiger partial charge in [0.25, 0.3) is 11.5 Å². The number of ether oxygens (including phenoxy) is 1. The molecule has 0 saturated heterocycles. The molecule has 2 aromatic heterocycles. The number of carbonyl (C=O) groups excluding carboxylic acids is 1. The average molecular weight is 407 g/mol. The Morgan fingerprint density at radius 2 is 1.90 bits per heavy atom. The molecule has 0 unspecified atom stereocenters. The van der Waals surface area contributed by atoms with Crippen LogP contribution < -0.4 is 15.6 Å². The van der Waals surface area contributed by atoms with E-state index >= 15 is 0 Å². The number of amides is 1. The van der Waals surface area contributed by atoms with Crippen LogP contribution >= 0.6 is 0 Å². The first-order chi connectivity index (χ1) is 14.2. The highest BCUT2D eigenvalue weighted by Crippen LogP contribution is 2.24. The Kier molecular flexibility index (Phi) is 6.25. The van der Waals surface area contributed by atoms with Crippen molar-refractivity contribution < 1.29 is 9.53 Å². The van der Waals surface area contributed by atoms with Gasteiger partial charge in [0.05, 0.1) is 11.7 Å². The number of aromatic nitrogens is 4. The molecule has 3 aromatic rings. The molecule has 8 nitrogen and oxygen atoms in total. The number of benzene rings is 1. The van der Waals surface area contributed by atoms with Gasteiger partial charge in [-0.25, -0.2) is 15.0 Å². The zero-order valence-corrected chi connectivity index (χ0v) is 17.5. The van der Waals surface area contributed by atoms with Crippen molar-refractivity contribution in [1.29, 1.82) is 0 Å². The monoisotopic (exact) mass is 407 g/mol. The Labute approximate surface area is 174 Å². The van der Waals surface area contributed by atoms with Crippen molar-refractivity contribution in [3.05, 3.63) is 82.1 Å². The fourth-order valence-electron chi connectivity index (χ4n) is 2.78. The van der Waals surface area contributed by atoms with Crippen LogP contribution in [-0.2, 0) is 12.0 Å². The summed E-state index contributed by atoms with van der Waals surface area (Å²) in [5.74, 6) is 0.478. The number of carbonyl (C=O) groups is 1. The molecule has 0 aliphatic carbocycles. The van der Waals surface area contributed by atoms with Crippen LogP contribution in [0.5, 0.6) is 5.75 Å². The molecular formula is C22H25N5O3. The number of hydrogen-bond donors (Lipinski definition) is 2. The summed E-state index contributed by atoms with van der Waals surface area (Å²) in [5.41, 5.74) is 1.30. The van der Waals surface area contributed by atoms with E-state index in [9.17, 15) is 9.59 Å². The SMILES string of the molecule is C[C@H](NC(=O)c1cnc(COc2ccc(C(C)(C)C)cc2)[nH]c1=O)c1ccncn1. The molecule has 30 heavy (non-hydrogen) atoms. The molecule has 0 saturated carbocycles. The van der Waals surface area contributed by atoms with E-state index < -0.39 is 11.5 Å². The summed E-state index contributed by atoms with van der Waals surface area (Å²) in [6.07, 6.45) is 4.24. The van der Waals surface area contributed by atoms with Crippen LogP contribution in [0.3, 0.4) is 0 Å². The first kappa shape index (κ1) is 21.2. The molecule has 1 atom stereocenters. The molecule has 0 spiro atoms. The molecule has 0 bridgehead atoms. The van der Waals surface area contributed by atoms with Gasteiger partial charge in [-0.15, -0.1) is 0 Å². The molecule has 2 N–H and O–H groups in total. The first-order valence-corrected chi connectivity index (χ1v) is 9.62. The van der Waals surface area contributed by atoms with Crippen molar-refractivity contribution in [2.75, 3.05) is 0 Å². The van der Waals surface area contributed by atoms with Crippen molar-refractivity contribution in [2.24, 2.45) is 0 Å². The van der Waals surface area contributed by atoms with Gasteiger partial charge in [0.1, 0.15) is 30.1 Å². The Balaban J connectivity index is 1.62. The van der Waals surface area contributed by atoms with Crippen molar-refractivity contribution in [1.82, 2.24) is 25.3 Å². The van der Waals surface area contributed by atoms with Gasteiger partial charge in [-0.05, 0) is 36.1 Å². The predicted octanol–water partition coefficient (Wildman–Crippen LogP) is 2.93. The molecule has 8 heteroatoms. The van der Waals surface area contributed by atoms with Crippen LogP contribution in [0.1, 0.15) is 61.2 Å². The van der Waals surface area contributed by atoms with E-state index in [0.717, 1.165) is 0 Å². The van der Waals surface area contributed by atoms with Crippen LogP contribution in [0.2, 0.25) is 0 Å². The van der Waals surface area contributed by atoms with Crippen molar-refractivity contribution >= 4 is 5.91 Å². The molecule has 1 amide bonds. The van der Waals surface area contributed by atoms with Gasteiger partial charge in [0, 0.05) is 12.4 Å². The number of H-pyrrole nitrogens is 1. The smallest absolute Gasteiger partial charge is 0.263 e. The van der Waals surface area contributed by atoms with Gasteiger partial charge in [-0.2, -0.15) is 0 Å². The van der Waals surface area contributed by atoms with Crippen LogP contribution in [-0.4, -0.2) is 25.8 Å². The lowest BCUT2D eigenvalue weighted by molar-refractivity contribution is 0.0937. The molecule has 2 heterocycles. The van der Waals surface area contributed by atoms with Gasteiger partial charge >= 0.3 is 0 Å². The summed E-state index contributed by atoms with van der Waals surface area (Å²) < 4.78 is 5.69. The molecule has 0 aliphatic heterocycles. The molecule has 156 valence electrons. The lowest BCUT2D eigenvalue weighted by Crippen LogP contribution is -2.32. The van der Waals surface area contributed by atoms with Crippen LogP contribution in [0.25, 0.3) is 0 Å². The van der Waals surface area contributed by atoms with E-state index in [1.54, 1.807) is 19.2 Å². The maximum Gasteiger partial charge on any atom is 0.263 e. The summed E-state index contributed by atoms with van der Waals surface area (Å²) in [7, 11) is 0. The van der Waals surface area contributed by atoms with E-state index in [1.807, 2.05) is 24.3 Å². The Morgan fingerprint density at radius 3 is 2.50 bits per heavy atom. The zero-order chi connectivity index (χ0) is 21.7. The summed E-state index contributed by atoms with van der Waals surface area (Å²) in [6.45, 7) is 8.29. The van der Waals surface area contributed by atoms with Gasteiger partial charge in [-0.1, -0.05) is 32.9 Å².